The van der Waals surface area contributed by atoms with Crippen molar-refractivity contribution in [3.05, 3.63) is 89.4 Å². The van der Waals surface area contributed by atoms with E-state index >= 15 is 0 Å². The predicted octanol–water partition coefficient (Wildman–Crippen LogP) is 5.23. The molecule has 0 bridgehead atoms. The Kier molecular flexibility index (Phi) is 10.4. The monoisotopic (exact) mass is 571 g/mol. The lowest BCUT2D eigenvalue weighted by atomic mass is 10.1. The molecule has 0 radical (unpaired) electrons. The number of amides is 2. The number of ether oxygens (including phenoxy) is 1. The Morgan fingerprint density at radius 3 is 2.18 bits per heavy atom. The fourth-order valence-electron chi connectivity index (χ4n) is 3.80. The summed E-state index contributed by atoms with van der Waals surface area (Å²) in [6.07, 6.45) is 1.77. The minimum Gasteiger partial charge on any atom is -0.457 e. The molecular weight excluding hydrogens is 538 g/mol. The molecule has 2 unspecified atom stereocenters. The largest absolute Gasteiger partial charge is 0.457 e. The highest BCUT2D eigenvalue weighted by Gasteiger charge is 2.30. The van der Waals surface area contributed by atoms with Gasteiger partial charge in [0.05, 0.1) is 11.9 Å². The van der Waals surface area contributed by atoms with Crippen LogP contribution < -0.4 is 14.4 Å². The van der Waals surface area contributed by atoms with E-state index in [4.69, 9.17) is 16.3 Å². The molecule has 0 aliphatic carbocycles. The first-order chi connectivity index (χ1) is 18.5. The Hall–Kier alpha value is -3.56. The summed E-state index contributed by atoms with van der Waals surface area (Å²) < 4.78 is 32.4. The first-order valence-corrected chi connectivity index (χ1v) is 14.9. The second-order valence-electron chi connectivity index (χ2n) is 9.32. The number of benzene rings is 3. The summed E-state index contributed by atoms with van der Waals surface area (Å²) in [5, 5.41) is 3.39. The van der Waals surface area contributed by atoms with E-state index in [-0.39, 0.29) is 18.5 Å². The third kappa shape index (κ3) is 8.73. The molecule has 2 atom stereocenters. The summed E-state index contributed by atoms with van der Waals surface area (Å²) in [5.41, 5.74) is 1.01. The van der Waals surface area contributed by atoms with Gasteiger partial charge in [-0.1, -0.05) is 48.9 Å². The lowest BCUT2D eigenvalue weighted by Crippen LogP contribution is -2.52. The van der Waals surface area contributed by atoms with Gasteiger partial charge in [-0.2, -0.15) is 0 Å². The van der Waals surface area contributed by atoms with Crippen LogP contribution in [0, 0.1) is 0 Å². The molecule has 1 N–H and O–H groups in total. The van der Waals surface area contributed by atoms with Crippen LogP contribution in [0.3, 0.4) is 0 Å². The minimum absolute atomic E-state index is 0.0767. The van der Waals surface area contributed by atoms with E-state index in [0.717, 1.165) is 17.0 Å². The third-order valence-corrected chi connectivity index (χ3v) is 7.57. The van der Waals surface area contributed by atoms with Crippen molar-refractivity contribution < 1.29 is 22.7 Å². The highest BCUT2D eigenvalue weighted by Crippen LogP contribution is 2.26. The Morgan fingerprint density at radius 2 is 1.59 bits per heavy atom. The number of hydrogen-bond donors (Lipinski definition) is 1. The molecule has 8 nitrogen and oxygen atoms in total. The van der Waals surface area contributed by atoms with Gasteiger partial charge in [0, 0.05) is 17.6 Å². The van der Waals surface area contributed by atoms with Crippen LogP contribution >= 0.6 is 11.6 Å². The summed E-state index contributed by atoms with van der Waals surface area (Å²) in [4.78, 5) is 28.0. The third-order valence-electron chi connectivity index (χ3n) is 6.19. The molecule has 0 saturated carbocycles. The van der Waals surface area contributed by atoms with Gasteiger partial charge in [-0.05, 0) is 74.4 Å². The van der Waals surface area contributed by atoms with Crippen LogP contribution in [0.1, 0.15) is 32.8 Å². The van der Waals surface area contributed by atoms with Gasteiger partial charge in [0.2, 0.25) is 21.8 Å². The predicted molar refractivity (Wildman–Crippen MR) is 155 cm³/mol. The van der Waals surface area contributed by atoms with Gasteiger partial charge >= 0.3 is 0 Å². The Morgan fingerprint density at radius 1 is 0.949 bits per heavy atom. The molecule has 0 fully saturated rings. The maximum absolute atomic E-state index is 13.7. The zero-order valence-electron chi connectivity index (χ0n) is 22.5. The molecule has 3 aromatic carbocycles. The van der Waals surface area contributed by atoms with Crippen LogP contribution in [-0.2, 0) is 26.2 Å². The summed E-state index contributed by atoms with van der Waals surface area (Å²) in [5.74, 6) is 0.300. The maximum Gasteiger partial charge on any atom is 0.244 e. The van der Waals surface area contributed by atoms with Crippen LogP contribution in [0.25, 0.3) is 0 Å². The normalized spacial score (nSPS) is 12.7. The van der Waals surface area contributed by atoms with E-state index < -0.39 is 28.5 Å². The van der Waals surface area contributed by atoms with Crippen molar-refractivity contribution in [2.75, 3.05) is 17.1 Å². The maximum atomic E-state index is 13.7. The number of halogens is 1. The zero-order valence-corrected chi connectivity index (χ0v) is 24.1. The molecule has 0 spiro atoms. The van der Waals surface area contributed by atoms with Crippen molar-refractivity contribution in [2.24, 2.45) is 0 Å². The Bertz CT molecular complexity index is 1370. The highest BCUT2D eigenvalue weighted by atomic mass is 35.5. The number of sulfonamides is 1. The molecule has 0 saturated heterocycles. The first-order valence-electron chi connectivity index (χ1n) is 12.6. The fraction of sp³-hybridized carbons (Fsp3) is 0.310. The standard InChI is InChI=1S/C29H34ClN3O5S/c1-5-21(2)31-29(35)22(3)32(19-23-10-9-11-24(30)18-23)28(34)20-33(39(4,36)37)25-14-16-27(17-15-25)38-26-12-7-6-8-13-26/h6-18,21-22H,5,19-20H2,1-4H3,(H,31,35). The van der Waals surface area contributed by atoms with Gasteiger partial charge < -0.3 is 15.0 Å². The number of carbonyl (C=O) groups excluding carboxylic acids is 2. The number of carbonyl (C=O) groups is 2. The number of rotatable bonds is 12. The van der Waals surface area contributed by atoms with E-state index in [0.29, 0.717) is 27.8 Å². The second kappa shape index (κ2) is 13.5. The van der Waals surface area contributed by atoms with E-state index in [2.05, 4.69) is 5.32 Å². The van der Waals surface area contributed by atoms with E-state index in [9.17, 15) is 18.0 Å². The van der Waals surface area contributed by atoms with Crippen molar-refractivity contribution in [3.8, 4) is 11.5 Å². The molecule has 0 aliphatic rings. The number of para-hydroxylation sites is 1. The quantitative estimate of drug-likeness (QED) is 0.321. The van der Waals surface area contributed by atoms with Gasteiger partial charge in [-0.3, -0.25) is 13.9 Å². The number of anilines is 1. The minimum atomic E-state index is -3.84. The number of hydrogen-bond acceptors (Lipinski definition) is 5. The van der Waals surface area contributed by atoms with Crippen LogP contribution in [0.5, 0.6) is 11.5 Å². The molecule has 0 heterocycles. The lowest BCUT2D eigenvalue weighted by Gasteiger charge is -2.32. The molecule has 39 heavy (non-hydrogen) atoms. The van der Waals surface area contributed by atoms with E-state index in [1.807, 2.05) is 44.2 Å². The average molecular weight is 572 g/mol. The second-order valence-corrected chi connectivity index (χ2v) is 11.7. The molecule has 208 valence electrons. The van der Waals surface area contributed by atoms with Crippen molar-refractivity contribution in [2.45, 2.75) is 45.8 Å². The van der Waals surface area contributed by atoms with Crippen LogP contribution in [0.2, 0.25) is 5.02 Å². The zero-order chi connectivity index (χ0) is 28.6. The molecule has 3 aromatic rings. The topological polar surface area (TPSA) is 96.0 Å². The average Bonchev–Trinajstić information content (AvgIpc) is 2.90. The Labute approximate surface area is 235 Å². The first kappa shape index (κ1) is 30.0. The van der Waals surface area contributed by atoms with Crippen LogP contribution in [0.15, 0.2) is 78.9 Å². The van der Waals surface area contributed by atoms with Crippen LogP contribution in [0.4, 0.5) is 5.69 Å². The highest BCUT2D eigenvalue weighted by molar-refractivity contribution is 7.92. The summed E-state index contributed by atoms with van der Waals surface area (Å²) in [6, 6.07) is 21.7. The van der Waals surface area contributed by atoms with Gasteiger partial charge in [-0.15, -0.1) is 0 Å². The number of nitrogens with one attached hydrogen (secondary N) is 1. The smallest absolute Gasteiger partial charge is 0.244 e. The van der Waals surface area contributed by atoms with Gasteiger partial charge in [-0.25, -0.2) is 8.42 Å². The molecule has 2 amide bonds. The SMILES string of the molecule is CCC(C)NC(=O)C(C)N(Cc1cccc(Cl)c1)C(=O)CN(c1ccc(Oc2ccccc2)cc1)S(C)(=O)=O. The van der Waals surface area contributed by atoms with Gasteiger partial charge in [0.25, 0.3) is 0 Å². The lowest BCUT2D eigenvalue weighted by molar-refractivity contribution is -0.139. The van der Waals surface area contributed by atoms with Crippen molar-refractivity contribution >= 4 is 39.1 Å². The molecule has 3 rings (SSSR count). The molecule has 10 heteroatoms. The number of nitrogens with zero attached hydrogens (tertiary/aromatic N) is 2. The summed E-state index contributed by atoms with van der Waals surface area (Å²) >= 11 is 6.15. The van der Waals surface area contributed by atoms with Gasteiger partial charge in [0.1, 0.15) is 24.1 Å². The van der Waals surface area contributed by atoms with Crippen LogP contribution in [-0.4, -0.2) is 50.0 Å². The molecular formula is C29H34ClN3O5S. The van der Waals surface area contributed by atoms with Gasteiger partial charge in [0.15, 0.2) is 0 Å². The molecule has 0 aliphatic heterocycles. The Balaban J connectivity index is 1.86. The summed E-state index contributed by atoms with van der Waals surface area (Å²) in [6.45, 7) is 5.05. The van der Waals surface area contributed by atoms with Crippen molar-refractivity contribution in [3.63, 3.8) is 0 Å². The fourth-order valence-corrected chi connectivity index (χ4v) is 4.86. The summed E-state index contributed by atoms with van der Waals surface area (Å²) in [7, 11) is -3.84. The van der Waals surface area contributed by atoms with Crippen molar-refractivity contribution in [1.82, 2.24) is 10.2 Å². The molecule has 0 aromatic heterocycles. The van der Waals surface area contributed by atoms with E-state index in [1.165, 1.54) is 4.90 Å². The van der Waals surface area contributed by atoms with E-state index in [1.54, 1.807) is 55.5 Å². The van der Waals surface area contributed by atoms with Crippen molar-refractivity contribution in [1.29, 1.82) is 0 Å².